The zero-order valence-corrected chi connectivity index (χ0v) is 11.0. The van der Waals surface area contributed by atoms with Crippen LogP contribution in [0.25, 0.3) is 0 Å². The minimum Gasteiger partial charge on any atom is -0.445 e. The Bertz CT molecular complexity index is 528. The molecule has 0 aliphatic carbocycles. The molecule has 0 radical (unpaired) electrons. The molecule has 1 aliphatic rings. The maximum Gasteiger partial charge on any atom is 0.408 e. The Labute approximate surface area is 116 Å². The molecule has 0 saturated carbocycles. The first kappa shape index (κ1) is 14.0. The highest BCUT2D eigenvalue weighted by atomic mass is 16.6. The number of ether oxygens (including phenoxy) is 2. The Morgan fingerprint density at radius 3 is 2.70 bits per heavy atom. The Morgan fingerprint density at radius 2 is 2.05 bits per heavy atom. The van der Waals surface area contributed by atoms with Crippen LogP contribution in [0.2, 0.25) is 0 Å². The number of rotatable bonds is 3. The molecule has 1 amide bonds. The van der Waals surface area contributed by atoms with Crippen LogP contribution in [-0.2, 0) is 25.7 Å². The smallest absolute Gasteiger partial charge is 0.408 e. The van der Waals surface area contributed by atoms with Gasteiger partial charge < -0.3 is 14.8 Å². The van der Waals surface area contributed by atoms with E-state index in [0.717, 1.165) is 5.56 Å². The molecule has 0 spiro atoms. The van der Waals surface area contributed by atoms with Gasteiger partial charge in [-0.3, -0.25) is 4.79 Å². The second-order valence-corrected chi connectivity index (χ2v) is 4.78. The molecule has 1 atom stereocenters. The molecule has 1 unspecified atom stereocenters. The molecule has 1 aromatic carbocycles. The molecule has 2 rings (SSSR count). The molecule has 0 bridgehead atoms. The molecule has 1 aromatic rings. The van der Waals surface area contributed by atoms with E-state index in [0.29, 0.717) is 0 Å². The number of cyclic esters (lactones) is 2. The first-order valence-electron chi connectivity index (χ1n) is 6.23. The van der Waals surface area contributed by atoms with E-state index < -0.39 is 23.6 Å². The third-order valence-electron chi connectivity index (χ3n) is 3.08. The van der Waals surface area contributed by atoms with E-state index in [1.165, 1.54) is 6.92 Å². The molecule has 106 valence electrons. The zero-order chi connectivity index (χ0) is 14.6. The standard InChI is InChI=1S/C14H15NO5/c1-14(8-7-11(16)20-12(14)17)15-13(18)19-9-10-5-3-2-4-6-10/h2-6H,7-9H2,1H3,(H,15,18). The van der Waals surface area contributed by atoms with Crippen LogP contribution in [0.1, 0.15) is 25.3 Å². The fraction of sp³-hybridized carbons (Fsp3) is 0.357. The van der Waals surface area contributed by atoms with Gasteiger partial charge in [0.15, 0.2) is 0 Å². The average molecular weight is 277 g/mol. The van der Waals surface area contributed by atoms with Gasteiger partial charge in [0, 0.05) is 6.42 Å². The van der Waals surface area contributed by atoms with Crippen LogP contribution in [-0.4, -0.2) is 23.6 Å². The molecule has 1 saturated heterocycles. The van der Waals surface area contributed by atoms with Gasteiger partial charge in [-0.25, -0.2) is 9.59 Å². The van der Waals surface area contributed by atoms with Crippen molar-refractivity contribution in [1.29, 1.82) is 0 Å². The van der Waals surface area contributed by atoms with Crippen molar-refractivity contribution in [1.82, 2.24) is 5.32 Å². The number of alkyl carbamates (subject to hydrolysis) is 1. The molecular weight excluding hydrogens is 262 g/mol. The number of carbonyl (C=O) groups is 3. The lowest BCUT2D eigenvalue weighted by Crippen LogP contribution is -2.56. The Balaban J connectivity index is 1.88. The molecule has 1 heterocycles. The Hall–Kier alpha value is -2.37. The summed E-state index contributed by atoms with van der Waals surface area (Å²) in [5.74, 6) is -1.34. The number of carbonyl (C=O) groups excluding carboxylic acids is 3. The Kier molecular flexibility index (Phi) is 4.02. The van der Waals surface area contributed by atoms with Crippen molar-refractivity contribution in [3.8, 4) is 0 Å². The predicted octanol–water partition coefficient (Wildman–Crippen LogP) is 1.54. The SMILES string of the molecule is CC1(NC(=O)OCc2ccccc2)CCC(=O)OC1=O. The molecule has 1 aliphatic heterocycles. The lowest BCUT2D eigenvalue weighted by molar-refractivity contribution is -0.169. The summed E-state index contributed by atoms with van der Waals surface area (Å²) in [5, 5.41) is 2.45. The van der Waals surface area contributed by atoms with Gasteiger partial charge in [0.2, 0.25) is 0 Å². The number of hydrogen-bond donors (Lipinski definition) is 1. The van der Waals surface area contributed by atoms with E-state index in [1.807, 2.05) is 30.3 Å². The highest BCUT2D eigenvalue weighted by Gasteiger charge is 2.42. The lowest BCUT2D eigenvalue weighted by Gasteiger charge is -2.30. The molecule has 6 heteroatoms. The van der Waals surface area contributed by atoms with Crippen molar-refractivity contribution in [2.75, 3.05) is 0 Å². The monoisotopic (exact) mass is 277 g/mol. The second-order valence-electron chi connectivity index (χ2n) is 4.78. The summed E-state index contributed by atoms with van der Waals surface area (Å²) < 4.78 is 9.55. The predicted molar refractivity (Wildman–Crippen MR) is 68.5 cm³/mol. The average Bonchev–Trinajstić information content (AvgIpc) is 2.43. The Morgan fingerprint density at radius 1 is 1.35 bits per heavy atom. The molecule has 6 nitrogen and oxygen atoms in total. The minimum absolute atomic E-state index is 0.0845. The normalized spacial score (nSPS) is 22.1. The van der Waals surface area contributed by atoms with E-state index in [9.17, 15) is 14.4 Å². The van der Waals surface area contributed by atoms with E-state index in [4.69, 9.17) is 4.74 Å². The van der Waals surface area contributed by atoms with Crippen molar-refractivity contribution in [2.45, 2.75) is 31.9 Å². The maximum atomic E-state index is 11.7. The van der Waals surface area contributed by atoms with Crippen LogP contribution in [0.3, 0.4) is 0 Å². The summed E-state index contributed by atoms with van der Waals surface area (Å²) in [7, 11) is 0. The van der Waals surface area contributed by atoms with Gasteiger partial charge in [-0.2, -0.15) is 0 Å². The summed E-state index contributed by atoms with van der Waals surface area (Å²) in [5.41, 5.74) is -0.379. The summed E-state index contributed by atoms with van der Waals surface area (Å²) in [6, 6.07) is 9.18. The quantitative estimate of drug-likeness (QED) is 0.669. The summed E-state index contributed by atoms with van der Waals surface area (Å²) in [6.45, 7) is 1.61. The summed E-state index contributed by atoms with van der Waals surface area (Å²) in [6.07, 6.45) is -0.436. The maximum absolute atomic E-state index is 11.7. The van der Waals surface area contributed by atoms with Crippen molar-refractivity contribution < 1.29 is 23.9 Å². The number of nitrogens with one attached hydrogen (secondary N) is 1. The molecule has 1 N–H and O–H groups in total. The van der Waals surface area contributed by atoms with Crippen molar-refractivity contribution >= 4 is 18.0 Å². The van der Waals surface area contributed by atoms with Crippen LogP contribution in [0.4, 0.5) is 4.79 Å². The largest absolute Gasteiger partial charge is 0.445 e. The first-order valence-corrected chi connectivity index (χ1v) is 6.23. The van der Waals surface area contributed by atoms with Gasteiger partial charge in [0.05, 0.1) is 0 Å². The van der Waals surface area contributed by atoms with Crippen molar-refractivity contribution in [3.05, 3.63) is 35.9 Å². The third-order valence-corrected chi connectivity index (χ3v) is 3.08. The second kappa shape index (κ2) is 5.73. The van der Waals surface area contributed by atoms with Gasteiger partial charge in [0.25, 0.3) is 0 Å². The van der Waals surface area contributed by atoms with Gasteiger partial charge in [-0.05, 0) is 18.9 Å². The summed E-state index contributed by atoms with van der Waals surface area (Å²) >= 11 is 0. The lowest BCUT2D eigenvalue weighted by atomic mass is 9.94. The van der Waals surface area contributed by atoms with Crippen molar-refractivity contribution in [2.24, 2.45) is 0 Å². The number of hydrogen-bond acceptors (Lipinski definition) is 5. The van der Waals surface area contributed by atoms with Crippen LogP contribution >= 0.6 is 0 Å². The number of benzene rings is 1. The fourth-order valence-electron chi connectivity index (χ4n) is 1.82. The molecule has 20 heavy (non-hydrogen) atoms. The molecule has 1 fully saturated rings. The highest BCUT2D eigenvalue weighted by molar-refractivity contribution is 5.95. The number of esters is 2. The third kappa shape index (κ3) is 3.34. The zero-order valence-electron chi connectivity index (χ0n) is 11.0. The first-order chi connectivity index (χ1) is 9.49. The van der Waals surface area contributed by atoms with Crippen molar-refractivity contribution in [3.63, 3.8) is 0 Å². The topological polar surface area (TPSA) is 81.7 Å². The van der Waals surface area contributed by atoms with Crippen LogP contribution < -0.4 is 5.32 Å². The number of amides is 1. The van der Waals surface area contributed by atoms with E-state index in [-0.39, 0.29) is 19.4 Å². The fourth-order valence-corrected chi connectivity index (χ4v) is 1.82. The van der Waals surface area contributed by atoms with Gasteiger partial charge in [-0.15, -0.1) is 0 Å². The van der Waals surface area contributed by atoms with Gasteiger partial charge >= 0.3 is 18.0 Å². The highest BCUT2D eigenvalue weighted by Crippen LogP contribution is 2.21. The van der Waals surface area contributed by atoms with Gasteiger partial charge in [0.1, 0.15) is 12.1 Å². The van der Waals surface area contributed by atoms with Crippen LogP contribution in [0, 0.1) is 0 Å². The van der Waals surface area contributed by atoms with Crippen LogP contribution in [0.5, 0.6) is 0 Å². The molecule has 0 aromatic heterocycles. The minimum atomic E-state index is -1.22. The van der Waals surface area contributed by atoms with E-state index >= 15 is 0 Å². The molecular formula is C14H15NO5. The van der Waals surface area contributed by atoms with E-state index in [2.05, 4.69) is 10.1 Å². The van der Waals surface area contributed by atoms with Crippen LogP contribution in [0.15, 0.2) is 30.3 Å². The van der Waals surface area contributed by atoms with Gasteiger partial charge in [-0.1, -0.05) is 30.3 Å². The van der Waals surface area contributed by atoms with E-state index in [1.54, 1.807) is 0 Å². The summed E-state index contributed by atoms with van der Waals surface area (Å²) in [4.78, 5) is 34.3.